The maximum Gasteiger partial charge on any atom is 0.154 e. The van der Waals surface area contributed by atoms with Crippen LogP contribution in [0.2, 0.25) is 0 Å². The number of aromatic nitrogens is 3. The van der Waals surface area contributed by atoms with Crippen molar-refractivity contribution in [3.63, 3.8) is 0 Å². The molecule has 0 amide bonds. The van der Waals surface area contributed by atoms with Gasteiger partial charge >= 0.3 is 0 Å². The van der Waals surface area contributed by atoms with Crippen molar-refractivity contribution in [3.05, 3.63) is 52.8 Å². The zero-order valence-corrected chi connectivity index (χ0v) is 10.5. The molecule has 0 aliphatic carbocycles. The molecule has 0 bridgehead atoms. The smallest absolute Gasteiger partial charge is 0.154 e. The molecule has 0 saturated carbocycles. The lowest BCUT2D eigenvalue weighted by atomic mass is 10.1. The maximum atomic E-state index is 13.6. The van der Waals surface area contributed by atoms with Crippen molar-refractivity contribution in [2.75, 3.05) is 0 Å². The first-order chi connectivity index (χ1) is 8.63. The summed E-state index contributed by atoms with van der Waals surface area (Å²) in [5.74, 6) is -1.25. The normalized spacial score (nSPS) is 11.1. The van der Waals surface area contributed by atoms with Crippen LogP contribution in [-0.2, 0) is 0 Å². The molecule has 0 unspecified atom stereocenters. The Hall–Kier alpha value is -1.82. The molecule has 0 N–H and O–H groups in total. The first-order valence-corrected chi connectivity index (χ1v) is 5.90. The second-order valence-electron chi connectivity index (χ2n) is 3.71. The third-order valence-electron chi connectivity index (χ3n) is 2.50. The lowest BCUT2D eigenvalue weighted by Crippen LogP contribution is -1.95. The van der Waals surface area contributed by atoms with E-state index in [4.69, 9.17) is 0 Å². The third kappa shape index (κ3) is 1.88. The van der Waals surface area contributed by atoms with Crippen LogP contribution in [0.15, 0.2) is 41.1 Å². The Morgan fingerprint density at radius 2 is 1.94 bits per heavy atom. The molecule has 1 aromatic carbocycles. The van der Waals surface area contributed by atoms with Crippen molar-refractivity contribution in [2.24, 2.45) is 0 Å². The fraction of sp³-hybridized carbons (Fsp3) is 0. The molecule has 0 aliphatic rings. The highest BCUT2D eigenvalue weighted by Gasteiger charge is 2.09. The summed E-state index contributed by atoms with van der Waals surface area (Å²) >= 11 is 3.23. The summed E-state index contributed by atoms with van der Waals surface area (Å²) in [7, 11) is 0. The molecule has 3 nitrogen and oxygen atoms in total. The number of hydrogen-bond donors (Lipinski definition) is 0. The van der Waals surface area contributed by atoms with Crippen LogP contribution in [0, 0.1) is 11.6 Å². The molecular weight excluding hydrogens is 304 g/mol. The molecule has 2 heterocycles. The second kappa shape index (κ2) is 4.13. The summed E-state index contributed by atoms with van der Waals surface area (Å²) in [6.07, 6.45) is 1.67. The van der Waals surface area contributed by atoms with E-state index < -0.39 is 11.6 Å². The number of nitrogens with zero attached hydrogens (tertiary/aromatic N) is 3. The summed E-state index contributed by atoms with van der Waals surface area (Å²) < 4.78 is 28.6. The SMILES string of the molecule is Fc1ccc(-c2ccc3nc(Br)cn3n2)c(F)c1. The van der Waals surface area contributed by atoms with E-state index in [-0.39, 0.29) is 5.56 Å². The van der Waals surface area contributed by atoms with Gasteiger partial charge in [0.2, 0.25) is 0 Å². The van der Waals surface area contributed by atoms with E-state index >= 15 is 0 Å². The average Bonchev–Trinajstić information content (AvgIpc) is 2.68. The molecule has 3 rings (SSSR count). The van der Waals surface area contributed by atoms with Crippen molar-refractivity contribution in [3.8, 4) is 11.3 Å². The molecule has 18 heavy (non-hydrogen) atoms. The van der Waals surface area contributed by atoms with E-state index in [9.17, 15) is 8.78 Å². The standard InChI is InChI=1S/C12H6BrF2N3/c13-11-6-18-12(16-11)4-3-10(17-18)8-2-1-7(14)5-9(8)15/h1-6H. The Balaban J connectivity index is 2.18. The second-order valence-corrected chi connectivity index (χ2v) is 4.52. The van der Waals surface area contributed by atoms with Crippen molar-refractivity contribution in [1.29, 1.82) is 0 Å². The number of imidazole rings is 1. The maximum absolute atomic E-state index is 13.6. The first-order valence-electron chi connectivity index (χ1n) is 5.11. The Labute approximate surface area is 109 Å². The van der Waals surface area contributed by atoms with Gasteiger partial charge in [0.1, 0.15) is 16.2 Å². The van der Waals surface area contributed by atoms with Gasteiger partial charge in [0.15, 0.2) is 5.65 Å². The Kier molecular flexibility index (Phi) is 2.59. The lowest BCUT2D eigenvalue weighted by Gasteiger charge is -2.03. The fourth-order valence-electron chi connectivity index (χ4n) is 1.69. The predicted octanol–water partition coefficient (Wildman–Crippen LogP) is 3.44. The highest BCUT2D eigenvalue weighted by molar-refractivity contribution is 9.10. The van der Waals surface area contributed by atoms with Crippen LogP contribution in [-0.4, -0.2) is 14.6 Å². The van der Waals surface area contributed by atoms with Crippen LogP contribution in [0.3, 0.4) is 0 Å². The topological polar surface area (TPSA) is 30.2 Å². The average molecular weight is 310 g/mol. The van der Waals surface area contributed by atoms with Gasteiger partial charge in [0.05, 0.1) is 11.9 Å². The van der Waals surface area contributed by atoms with E-state index in [1.54, 1.807) is 18.3 Å². The summed E-state index contributed by atoms with van der Waals surface area (Å²) in [5.41, 5.74) is 1.32. The highest BCUT2D eigenvalue weighted by atomic mass is 79.9. The van der Waals surface area contributed by atoms with Gasteiger partial charge in [-0.2, -0.15) is 5.10 Å². The quantitative estimate of drug-likeness (QED) is 0.689. The van der Waals surface area contributed by atoms with Gasteiger partial charge in [0, 0.05) is 11.6 Å². The lowest BCUT2D eigenvalue weighted by molar-refractivity contribution is 0.585. The third-order valence-corrected chi connectivity index (χ3v) is 2.88. The van der Waals surface area contributed by atoms with Gasteiger partial charge in [-0.15, -0.1) is 0 Å². The van der Waals surface area contributed by atoms with E-state index in [1.807, 2.05) is 0 Å². The van der Waals surface area contributed by atoms with E-state index in [1.165, 1.54) is 16.6 Å². The van der Waals surface area contributed by atoms with Crippen LogP contribution < -0.4 is 0 Å². The van der Waals surface area contributed by atoms with Gasteiger partial charge in [0.25, 0.3) is 0 Å². The van der Waals surface area contributed by atoms with Gasteiger partial charge < -0.3 is 0 Å². The minimum Gasteiger partial charge on any atom is -0.220 e. The fourth-order valence-corrected chi connectivity index (χ4v) is 2.07. The van der Waals surface area contributed by atoms with Gasteiger partial charge in [-0.3, -0.25) is 0 Å². The summed E-state index contributed by atoms with van der Waals surface area (Å²) in [4.78, 5) is 4.15. The summed E-state index contributed by atoms with van der Waals surface area (Å²) in [5, 5.41) is 4.22. The molecule has 6 heteroatoms. The van der Waals surface area contributed by atoms with Gasteiger partial charge in [-0.1, -0.05) is 0 Å². The van der Waals surface area contributed by atoms with Crippen LogP contribution in [0.1, 0.15) is 0 Å². The molecule has 0 fully saturated rings. The number of rotatable bonds is 1. The molecule has 0 spiro atoms. The first kappa shape index (κ1) is 11.3. The Bertz CT molecular complexity index is 739. The summed E-state index contributed by atoms with van der Waals surface area (Å²) in [6.45, 7) is 0. The molecule has 2 aromatic heterocycles. The number of halogens is 3. The van der Waals surface area contributed by atoms with Crippen LogP contribution in [0.5, 0.6) is 0 Å². The molecule has 3 aromatic rings. The van der Waals surface area contributed by atoms with Crippen molar-refractivity contribution in [1.82, 2.24) is 14.6 Å². The van der Waals surface area contributed by atoms with E-state index in [2.05, 4.69) is 26.0 Å². The minimum absolute atomic E-state index is 0.253. The van der Waals surface area contributed by atoms with Gasteiger partial charge in [-0.05, 0) is 40.2 Å². The Morgan fingerprint density at radius 1 is 1.11 bits per heavy atom. The Morgan fingerprint density at radius 3 is 2.72 bits per heavy atom. The van der Waals surface area contributed by atoms with E-state index in [0.29, 0.717) is 15.9 Å². The molecule has 0 saturated heterocycles. The largest absolute Gasteiger partial charge is 0.220 e. The van der Waals surface area contributed by atoms with Crippen LogP contribution >= 0.6 is 15.9 Å². The molecule has 0 atom stereocenters. The van der Waals surface area contributed by atoms with Crippen molar-refractivity contribution >= 4 is 21.6 Å². The number of hydrogen-bond acceptors (Lipinski definition) is 2. The minimum atomic E-state index is -0.638. The molecular formula is C12H6BrF2N3. The molecule has 0 aliphatic heterocycles. The van der Waals surface area contributed by atoms with Crippen LogP contribution in [0.4, 0.5) is 8.78 Å². The number of benzene rings is 1. The predicted molar refractivity (Wildman–Crippen MR) is 66.0 cm³/mol. The zero-order valence-electron chi connectivity index (χ0n) is 8.94. The zero-order chi connectivity index (χ0) is 12.7. The van der Waals surface area contributed by atoms with Crippen molar-refractivity contribution in [2.45, 2.75) is 0 Å². The van der Waals surface area contributed by atoms with E-state index in [0.717, 1.165) is 6.07 Å². The number of fused-ring (bicyclic) bond motifs is 1. The molecule has 90 valence electrons. The summed E-state index contributed by atoms with van der Waals surface area (Å²) in [6, 6.07) is 6.77. The highest BCUT2D eigenvalue weighted by Crippen LogP contribution is 2.22. The monoisotopic (exact) mass is 309 g/mol. The van der Waals surface area contributed by atoms with Crippen LogP contribution in [0.25, 0.3) is 16.9 Å². The van der Waals surface area contributed by atoms with Gasteiger partial charge in [-0.25, -0.2) is 18.3 Å². The molecule has 0 radical (unpaired) electrons. The van der Waals surface area contributed by atoms with Crippen molar-refractivity contribution < 1.29 is 8.78 Å².